The van der Waals surface area contributed by atoms with Gasteiger partial charge in [0.2, 0.25) is 6.54 Å². The molecule has 0 amide bonds. The fourth-order valence-corrected chi connectivity index (χ4v) is 2.84. The Kier molecular flexibility index (Phi) is 18.1. The maximum absolute atomic E-state index is 10.2. The van der Waals surface area contributed by atoms with Crippen molar-refractivity contribution in [3.63, 3.8) is 0 Å². The normalized spacial score (nSPS) is 12.4. The lowest BCUT2D eigenvalue weighted by atomic mass is 10.0. The van der Waals surface area contributed by atoms with Crippen LogP contribution in [0.3, 0.4) is 0 Å². The SMILES string of the molecule is CCCCCCCCCCCCCCCCOCC(O)C[N+](=O)[O-]. The van der Waals surface area contributed by atoms with Crippen LogP contribution in [0.4, 0.5) is 0 Å². The van der Waals surface area contributed by atoms with E-state index in [1.165, 1.54) is 77.0 Å². The number of aliphatic hydroxyl groups is 1. The minimum absolute atomic E-state index is 0.0689. The highest BCUT2D eigenvalue weighted by Gasteiger charge is 2.10. The van der Waals surface area contributed by atoms with Gasteiger partial charge in [0.1, 0.15) is 6.10 Å². The average molecular weight is 346 g/mol. The summed E-state index contributed by atoms with van der Waals surface area (Å²) in [6, 6.07) is 0. The number of unbranched alkanes of at least 4 members (excludes halogenated alkanes) is 13. The molecule has 0 aromatic rings. The summed E-state index contributed by atoms with van der Waals surface area (Å²) < 4.78 is 5.25. The molecular formula is C19H39NO4. The van der Waals surface area contributed by atoms with Gasteiger partial charge in [0.15, 0.2) is 0 Å². The first kappa shape index (κ1) is 23.3. The second-order valence-corrected chi connectivity index (χ2v) is 6.84. The minimum Gasteiger partial charge on any atom is -0.384 e. The number of rotatable bonds is 19. The second-order valence-electron chi connectivity index (χ2n) is 6.84. The van der Waals surface area contributed by atoms with Crippen LogP contribution in [0.5, 0.6) is 0 Å². The summed E-state index contributed by atoms with van der Waals surface area (Å²) in [5, 5.41) is 19.4. The van der Waals surface area contributed by atoms with Gasteiger partial charge in [-0.25, -0.2) is 0 Å². The van der Waals surface area contributed by atoms with Gasteiger partial charge in [-0.05, 0) is 6.42 Å². The van der Waals surface area contributed by atoms with E-state index in [1.807, 2.05) is 0 Å². The van der Waals surface area contributed by atoms with Crippen molar-refractivity contribution in [1.29, 1.82) is 0 Å². The Hall–Kier alpha value is -0.680. The van der Waals surface area contributed by atoms with E-state index in [1.54, 1.807) is 0 Å². The summed E-state index contributed by atoms with van der Waals surface area (Å²) in [5.41, 5.74) is 0. The first-order chi connectivity index (χ1) is 11.7. The highest BCUT2D eigenvalue weighted by atomic mass is 16.6. The van der Waals surface area contributed by atoms with Gasteiger partial charge in [0, 0.05) is 11.5 Å². The van der Waals surface area contributed by atoms with Gasteiger partial charge in [0.05, 0.1) is 6.61 Å². The quantitative estimate of drug-likeness (QED) is 0.200. The lowest BCUT2D eigenvalue weighted by Gasteiger charge is -2.07. The standard InChI is InChI=1S/C19H39NO4/c1-2-3-4-5-6-7-8-9-10-11-12-13-14-15-16-24-18-19(21)17-20(22)23/h19,21H,2-18H2,1H3. The largest absolute Gasteiger partial charge is 0.384 e. The Morgan fingerprint density at radius 1 is 0.833 bits per heavy atom. The molecule has 0 aliphatic carbocycles. The molecule has 5 heteroatoms. The Labute approximate surface area is 148 Å². The zero-order valence-corrected chi connectivity index (χ0v) is 15.7. The molecule has 0 radical (unpaired) electrons. The summed E-state index contributed by atoms with van der Waals surface area (Å²) in [6.07, 6.45) is 17.5. The number of aliphatic hydroxyl groups excluding tert-OH is 1. The molecule has 0 saturated carbocycles. The van der Waals surface area contributed by atoms with Crippen LogP contribution in [-0.4, -0.2) is 35.9 Å². The third-order valence-electron chi connectivity index (χ3n) is 4.31. The molecule has 0 spiro atoms. The summed E-state index contributed by atoms with van der Waals surface area (Å²) in [6.45, 7) is 2.49. The maximum Gasteiger partial charge on any atom is 0.231 e. The topological polar surface area (TPSA) is 72.6 Å². The van der Waals surface area contributed by atoms with Crippen LogP contribution in [0.15, 0.2) is 0 Å². The third-order valence-corrected chi connectivity index (χ3v) is 4.31. The predicted molar refractivity (Wildman–Crippen MR) is 99.0 cm³/mol. The molecule has 0 aliphatic heterocycles. The Morgan fingerprint density at radius 2 is 1.25 bits per heavy atom. The van der Waals surface area contributed by atoms with Crippen molar-refractivity contribution < 1.29 is 14.8 Å². The fraction of sp³-hybridized carbons (Fsp3) is 1.00. The third kappa shape index (κ3) is 19.4. The number of ether oxygens (including phenoxy) is 1. The van der Waals surface area contributed by atoms with E-state index in [0.29, 0.717) is 6.61 Å². The molecule has 0 aliphatic rings. The van der Waals surface area contributed by atoms with Gasteiger partial charge in [-0.3, -0.25) is 10.1 Å². The van der Waals surface area contributed by atoms with E-state index in [-0.39, 0.29) is 6.61 Å². The molecule has 1 unspecified atom stereocenters. The van der Waals surface area contributed by atoms with E-state index >= 15 is 0 Å². The molecule has 0 rings (SSSR count). The van der Waals surface area contributed by atoms with Crippen LogP contribution in [0.2, 0.25) is 0 Å². The van der Waals surface area contributed by atoms with Crippen LogP contribution in [0, 0.1) is 10.1 Å². The molecule has 1 atom stereocenters. The fourth-order valence-electron chi connectivity index (χ4n) is 2.84. The Balaban J connectivity index is 3.06. The first-order valence-electron chi connectivity index (χ1n) is 10.0. The first-order valence-corrected chi connectivity index (χ1v) is 10.0. The molecule has 0 aromatic heterocycles. The maximum atomic E-state index is 10.2. The van der Waals surface area contributed by atoms with Gasteiger partial charge < -0.3 is 9.84 Å². The lowest BCUT2D eigenvalue weighted by molar-refractivity contribution is -0.491. The molecular weight excluding hydrogens is 306 g/mol. The highest BCUT2D eigenvalue weighted by Crippen LogP contribution is 2.12. The zero-order chi connectivity index (χ0) is 17.9. The van der Waals surface area contributed by atoms with Gasteiger partial charge in [-0.15, -0.1) is 0 Å². The average Bonchev–Trinajstić information content (AvgIpc) is 2.53. The van der Waals surface area contributed by atoms with Crippen molar-refractivity contribution in [2.75, 3.05) is 19.8 Å². The van der Waals surface area contributed by atoms with Crippen LogP contribution in [0.25, 0.3) is 0 Å². The van der Waals surface area contributed by atoms with Crippen molar-refractivity contribution >= 4 is 0 Å². The molecule has 0 bridgehead atoms. The number of hydrogen-bond donors (Lipinski definition) is 1. The van der Waals surface area contributed by atoms with Crippen molar-refractivity contribution in [3.8, 4) is 0 Å². The van der Waals surface area contributed by atoms with Crippen LogP contribution < -0.4 is 0 Å². The van der Waals surface area contributed by atoms with E-state index < -0.39 is 17.6 Å². The van der Waals surface area contributed by atoms with E-state index in [9.17, 15) is 15.2 Å². The van der Waals surface area contributed by atoms with Crippen LogP contribution in [-0.2, 0) is 4.74 Å². The smallest absolute Gasteiger partial charge is 0.231 e. The molecule has 0 saturated heterocycles. The lowest BCUT2D eigenvalue weighted by Crippen LogP contribution is -2.24. The van der Waals surface area contributed by atoms with Crippen molar-refractivity contribution in [2.45, 2.75) is 103 Å². The summed E-state index contributed by atoms with van der Waals surface area (Å²) in [5.74, 6) is 0. The Morgan fingerprint density at radius 3 is 1.67 bits per heavy atom. The Bertz CT molecular complexity index is 274. The summed E-state index contributed by atoms with van der Waals surface area (Å²) in [7, 11) is 0. The van der Waals surface area contributed by atoms with Crippen LogP contribution >= 0.6 is 0 Å². The number of hydrogen-bond acceptors (Lipinski definition) is 4. The predicted octanol–water partition coefficient (Wildman–Crippen LogP) is 5.12. The zero-order valence-electron chi connectivity index (χ0n) is 15.7. The molecule has 144 valence electrons. The summed E-state index contributed by atoms with van der Waals surface area (Å²) >= 11 is 0. The van der Waals surface area contributed by atoms with E-state index in [2.05, 4.69) is 6.92 Å². The minimum atomic E-state index is -0.980. The molecule has 1 N–H and O–H groups in total. The van der Waals surface area contributed by atoms with Gasteiger partial charge in [-0.2, -0.15) is 0 Å². The van der Waals surface area contributed by atoms with Crippen molar-refractivity contribution in [3.05, 3.63) is 10.1 Å². The van der Waals surface area contributed by atoms with Gasteiger partial charge >= 0.3 is 0 Å². The molecule has 0 aromatic carbocycles. The second kappa shape index (κ2) is 18.7. The molecule has 0 heterocycles. The number of nitro groups is 1. The molecule has 24 heavy (non-hydrogen) atoms. The molecule has 0 fully saturated rings. The number of nitrogens with zero attached hydrogens (tertiary/aromatic N) is 1. The van der Waals surface area contributed by atoms with Crippen molar-refractivity contribution in [2.24, 2.45) is 0 Å². The van der Waals surface area contributed by atoms with E-state index in [4.69, 9.17) is 4.74 Å². The molecule has 5 nitrogen and oxygen atoms in total. The monoisotopic (exact) mass is 345 g/mol. The summed E-state index contributed by atoms with van der Waals surface area (Å²) in [4.78, 5) is 9.66. The highest BCUT2D eigenvalue weighted by molar-refractivity contribution is 4.51. The van der Waals surface area contributed by atoms with Crippen molar-refractivity contribution in [1.82, 2.24) is 0 Å². The van der Waals surface area contributed by atoms with Gasteiger partial charge in [0.25, 0.3) is 0 Å². The van der Waals surface area contributed by atoms with Gasteiger partial charge in [-0.1, -0.05) is 90.4 Å². The van der Waals surface area contributed by atoms with E-state index in [0.717, 1.165) is 12.8 Å². The van der Waals surface area contributed by atoms with Crippen LogP contribution in [0.1, 0.15) is 96.8 Å².